The van der Waals surface area contributed by atoms with Gasteiger partial charge in [0.1, 0.15) is 11.3 Å². The van der Waals surface area contributed by atoms with Crippen LogP contribution in [0.1, 0.15) is 46.2 Å². The lowest BCUT2D eigenvalue weighted by Gasteiger charge is -2.18. The molecule has 7 heteroatoms. The fourth-order valence-corrected chi connectivity index (χ4v) is 3.80. The van der Waals surface area contributed by atoms with E-state index in [1.165, 1.54) is 29.8 Å². The van der Waals surface area contributed by atoms with Crippen molar-refractivity contribution in [3.63, 3.8) is 0 Å². The Morgan fingerprint density at radius 3 is 2.88 bits per heavy atom. The van der Waals surface area contributed by atoms with Gasteiger partial charge in [-0.3, -0.25) is 9.89 Å². The van der Waals surface area contributed by atoms with Crippen molar-refractivity contribution in [1.82, 2.24) is 24.5 Å². The third kappa shape index (κ3) is 2.61. The number of amides is 1. The summed E-state index contributed by atoms with van der Waals surface area (Å²) >= 11 is 6.01. The van der Waals surface area contributed by atoms with Gasteiger partial charge >= 0.3 is 0 Å². The van der Waals surface area contributed by atoms with Crippen molar-refractivity contribution in [2.75, 3.05) is 13.1 Å². The number of carbonyl (C=O) groups is 1. The van der Waals surface area contributed by atoms with E-state index in [0.717, 1.165) is 18.5 Å². The van der Waals surface area contributed by atoms with Gasteiger partial charge in [-0.1, -0.05) is 11.6 Å². The van der Waals surface area contributed by atoms with Crippen LogP contribution in [0.15, 0.2) is 24.5 Å². The molecule has 0 spiro atoms. The highest BCUT2D eigenvalue weighted by atomic mass is 35.5. The van der Waals surface area contributed by atoms with Crippen molar-refractivity contribution in [2.24, 2.45) is 0 Å². The van der Waals surface area contributed by atoms with Crippen molar-refractivity contribution < 1.29 is 4.79 Å². The molecule has 1 saturated carbocycles. The zero-order valence-electron chi connectivity index (χ0n) is 13.7. The Bertz CT molecular complexity index is 971. The second-order valence-corrected chi connectivity index (χ2v) is 7.31. The lowest BCUT2D eigenvalue weighted by atomic mass is 10.1. The van der Waals surface area contributed by atoms with Crippen molar-refractivity contribution in [3.8, 4) is 0 Å². The molecule has 2 aliphatic rings. The fraction of sp³-hybridized carbons (Fsp3) is 0.389. The number of aromatic nitrogens is 4. The van der Waals surface area contributed by atoms with E-state index in [1.807, 2.05) is 11.0 Å². The molecule has 0 radical (unpaired) electrons. The number of carbonyl (C=O) groups excluding carboxylic acids is 1. The van der Waals surface area contributed by atoms with E-state index >= 15 is 0 Å². The Morgan fingerprint density at radius 1 is 1.20 bits per heavy atom. The third-order valence-electron chi connectivity index (χ3n) is 5.13. The summed E-state index contributed by atoms with van der Waals surface area (Å²) in [7, 11) is 0. The van der Waals surface area contributed by atoms with Crippen LogP contribution in [0.25, 0.3) is 5.65 Å². The molecule has 0 unspecified atom stereocenters. The standard InChI is InChI=1S/C18H18ClN5O/c19-12-3-4-16-20-15(10-24(16)9-12)18(25)23-7-5-13-14(6-8-23)21-22-17(13)11-1-2-11/h3-4,9-11H,1-2,5-8H2,(H,21,22). The van der Waals surface area contributed by atoms with Gasteiger partial charge in [0.2, 0.25) is 0 Å². The summed E-state index contributed by atoms with van der Waals surface area (Å²) in [5, 5.41) is 8.32. The molecule has 1 aliphatic carbocycles. The molecule has 1 N–H and O–H groups in total. The van der Waals surface area contributed by atoms with Crippen molar-refractivity contribution in [1.29, 1.82) is 0 Å². The number of hydrogen-bond acceptors (Lipinski definition) is 3. The maximum absolute atomic E-state index is 12.9. The Balaban J connectivity index is 1.38. The number of halogens is 1. The molecule has 6 nitrogen and oxygen atoms in total. The molecule has 0 bridgehead atoms. The van der Waals surface area contributed by atoms with Crippen LogP contribution in [0.5, 0.6) is 0 Å². The molecule has 0 saturated heterocycles. The number of fused-ring (bicyclic) bond motifs is 2. The number of nitrogens with zero attached hydrogens (tertiary/aromatic N) is 4. The lowest BCUT2D eigenvalue weighted by molar-refractivity contribution is 0.0757. The molecule has 25 heavy (non-hydrogen) atoms. The van der Waals surface area contributed by atoms with Gasteiger partial charge in [0.15, 0.2) is 0 Å². The summed E-state index contributed by atoms with van der Waals surface area (Å²) in [6, 6.07) is 3.60. The van der Waals surface area contributed by atoms with Crippen LogP contribution < -0.4 is 0 Å². The number of H-pyrrole nitrogens is 1. The van der Waals surface area contributed by atoms with E-state index in [2.05, 4.69) is 15.2 Å². The molecular weight excluding hydrogens is 338 g/mol. The van der Waals surface area contributed by atoms with Gasteiger partial charge in [0.05, 0.1) is 10.7 Å². The highest BCUT2D eigenvalue weighted by Gasteiger charge is 2.32. The van der Waals surface area contributed by atoms with E-state index < -0.39 is 0 Å². The molecule has 128 valence electrons. The average molecular weight is 356 g/mol. The minimum absolute atomic E-state index is 0.0223. The maximum Gasteiger partial charge on any atom is 0.274 e. The average Bonchev–Trinajstić information content (AvgIpc) is 3.30. The number of imidazole rings is 1. The summed E-state index contributed by atoms with van der Waals surface area (Å²) in [6.45, 7) is 1.40. The van der Waals surface area contributed by atoms with Gasteiger partial charge < -0.3 is 9.30 Å². The first-order valence-electron chi connectivity index (χ1n) is 8.68. The summed E-state index contributed by atoms with van der Waals surface area (Å²) in [5.41, 5.74) is 4.95. The van der Waals surface area contributed by atoms with E-state index in [1.54, 1.807) is 22.9 Å². The van der Waals surface area contributed by atoms with Crippen LogP contribution in [0.3, 0.4) is 0 Å². The van der Waals surface area contributed by atoms with Crippen molar-refractivity contribution in [2.45, 2.75) is 31.6 Å². The number of aromatic amines is 1. The van der Waals surface area contributed by atoms with Crippen molar-refractivity contribution >= 4 is 23.2 Å². The highest BCUT2D eigenvalue weighted by Crippen LogP contribution is 2.41. The normalized spacial score (nSPS) is 17.6. The molecule has 4 heterocycles. The second-order valence-electron chi connectivity index (χ2n) is 6.87. The molecule has 1 fully saturated rings. The predicted molar refractivity (Wildman–Crippen MR) is 94.1 cm³/mol. The van der Waals surface area contributed by atoms with E-state index in [0.29, 0.717) is 29.7 Å². The molecule has 0 atom stereocenters. The van der Waals surface area contributed by atoms with Crippen LogP contribution in [0.2, 0.25) is 5.02 Å². The summed E-state index contributed by atoms with van der Waals surface area (Å²) in [4.78, 5) is 19.2. The molecule has 5 rings (SSSR count). The smallest absolute Gasteiger partial charge is 0.274 e. The first-order chi connectivity index (χ1) is 12.2. The quantitative estimate of drug-likeness (QED) is 0.768. The topological polar surface area (TPSA) is 66.3 Å². The zero-order valence-corrected chi connectivity index (χ0v) is 14.5. The van der Waals surface area contributed by atoms with Gasteiger partial charge in [-0.05, 0) is 37.0 Å². The van der Waals surface area contributed by atoms with Crippen LogP contribution in [0.4, 0.5) is 0 Å². The first-order valence-corrected chi connectivity index (χ1v) is 9.06. The third-order valence-corrected chi connectivity index (χ3v) is 5.36. The highest BCUT2D eigenvalue weighted by molar-refractivity contribution is 6.30. The molecule has 0 aromatic carbocycles. The largest absolute Gasteiger partial charge is 0.337 e. The molecule has 1 aliphatic heterocycles. The summed E-state index contributed by atoms with van der Waals surface area (Å²) in [5.74, 6) is 0.608. The molecule has 3 aromatic heterocycles. The number of hydrogen-bond donors (Lipinski definition) is 1. The summed E-state index contributed by atoms with van der Waals surface area (Å²) < 4.78 is 1.80. The zero-order chi connectivity index (χ0) is 17.0. The Morgan fingerprint density at radius 2 is 2.04 bits per heavy atom. The monoisotopic (exact) mass is 355 g/mol. The van der Waals surface area contributed by atoms with Gasteiger partial charge in [0, 0.05) is 43.5 Å². The van der Waals surface area contributed by atoms with E-state index in [4.69, 9.17) is 11.6 Å². The second kappa shape index (κ2) is 5.59. The van der Waals surface area contributed by atoms with Gasteiger partial charge in [-0.2, -0.15) is 5.10 Å². The van der Waals surface area contributed by atoms with Crippen LogP contribution in [-0.4, -0.2) is 43.5 Å². The Hall–Kier alpha value is -2.34. The molecule has 3 aromatic rings. The summed E-state index contributed by atoms with van der Waals surface area (Å²) in [6.07, 6.45) is 7.68. The minimum atomic E-state index is -0.0223. The van der Waals surface area contributed by atoms with Crippen LogP contribution in [-0.2, 0) is 12.8 Å². The minimum Gasteiger partial charge on any atom is -0.337 e. The number of rotatable bonds is 2. The number of pyridine rings is 1. The Kier molecular flexibility index (Phi) is 3.35. The lowest BCUT2D eigenvalue weighted by Crippen LogP contribution is -2.33. The molecular formula is C18H18ClN5O. The van der Waals surface area contributed by atoms with E-state index in [9.17, 15) is 4.79 Å². The SMILES string of the molecule is O=C(c1cn2cc(Cl)ccc2n1)N1CCc2[nH]nc(C3CC3)c2CC1. The Labute approximate surface area is 149 Å². The number of nitrogens with one attached hydrogen (secondary N) is 1. The molecule has 1 amide bonds. The van der Waals surface area contributed by atoms with Crippen LogP contribution in [0, 0.1) is 0 Å². The fourth-order valence-electron chi connectivity index (χ4n) is 3.64. The van der Waals surface area contributed by atoms with Gasteiger partial charge in [-0.25, -0.2) is 4.98 Å². The van der Waals surface area contributed by atoms with Crippen molar-refractivity contribution in [3.05, 3.63) is 52.2 Å². The van der Waals surface area contributed by atoms with E-state index in [-0.39, 0.29) is 5.91 Å². The van der Waals surface area contributed by atoms with Gasteiger partial charge in [-0.15, -0.1) is 0 Å². The maximum atomic E-state index is 12.9. The van der Waals surface area contributed by atoms with Gasteiger partial charge in [0.25, 0.3) is 5.91 Å². The first kappa shape index (κ1) is 15.0. The predicted octanol–water partition coefficient (Wildman–Crippen LogP) is 2.83. The van der Waals surface area contributed by atoms with Crippen LogP contribution >= 0.6 is 11.6 Å².